The van der Waals surface area contributed by atoms with Crippen LogP contribution in [0.4, 0.5) is 9.59 Å². The van der Waals surface area contributed by atoms with Gasteiger partial charge in [-0.25, -0.2) is 9.10 Å². The van der Waals surface area contributed by atoms with Crippen LogP contribution in [0.15, 0.2) is 0 Å². The molecule has 0 radical (unpaired) electrons. The smallest absolute Gasteiger partial charge is 0.409 e. The molecule has 0 spiro atoms. The Morgan fingerprint density at radius 1 is 1.33 bits per heavy atom. The van der Waals surface area contributed by atoms with Gasteiger partial charge in [-0.05, 0) is 18.5 Å². The summed E-state index contributed by atoms with van der Waals surface area (Å²) in [6.07, 6.45) is -0.292. The van der Waals surface area contributed by atoms with E-state index in [9.17, 15) is 9.59 Å². The SMILES string of the molecule is CCOC(=O)N1CCN(SC(=O)Cl)CC1. The van der Waals surface area contributed by atoms with Crippen LogP contribution in [-0.2, 0) is 4.74 Å². The van der Waals surface area contributed by atoms with Gasteiger partial charge in [0.05, 0.1) is 6.61 Å². The molecule has 0 N–H and O–H groups in total. The van der Waals surface area contributed by atoms with Crippen LogP contribution in [0.2, 0.25) is 0 Å². The summed E-state index contributed by atoms with van der Waals surface area (Å²) in [6, 6.07) is 0. The normalized spacial score (nSPS) is 17.6. The molecule has 0 saturated carbocycles. The van der Waals surface area contributed by atoms with Crippen molar-refractivity contribution in [2.24, 2.45) is 0 Å². The summed E-state index contributed by atoms with van der Waals surface area (Å²) < 4.78 is 6.26. The third-order valence-corrected chi connectivity index (χ3v) is 2.94. The van der Waals surface area contributed by atoms with Gasteiger partial charge in [0.25, 0.3) is 4.57 Å². The number of nitrogens with zero attached hydrogens (tertiary/aromatic N) is 2. The van der Waals surface area contributed by atoms with Gasteiger partial charge >= 0.3 is 6.09 Å². The summed E-state index contributed by atoms with van der Waals surface area (Å²) in [5.41, 5.74) is 0. The van der Waals surface area contributed by atoms with Crippen molar-refractivity contribution in [2.45, 2.75) is 6.92 Å². The van der Waals surface area contributed by atoms with E-state index in [1.54, 1.807) is 11.8 Å². The number of rotatable bonds is 2. The Bertz CT molecular complexity index is 244. The third kappa shape index (κ3) is 4.27. The van der Waals surface area contributed by atoms with Crippen molar-refractivity contribution in [1.29, 1.82) is 0 Å². The fourth-order valence-electron chi connectivity index (χ4n) is 1.28. The molecule has 0 unspecified atom stereocenters. The van der Waals surface area contributed by atoms with E-state index >= 15 is 0 Å². The highest BCUT2D eigenvalue weighted by atomic mass is 35.5. The van der Waals surface area contributed by atoms with Gasteiger partial charge in [0.2, 0.25) is 0 Å². The molecule has 0 atom stereocenters. The Kier molecular flexibility index (Phi) is 5.21. The van der Waals surface area contributed by atoms with E-state index in [-0.39, 0.29) is 6.09 Å². The molecular formula is C8H13ClN2O3S. The fraction of sp³-hybridized carbons (Fsp3) is 0.750. The molecule has 15 heavy (non-hydrogen) atoms. The molecule has 0 aromatic heterocycles. The first-order chi connectivity index (χ1) is 7.13. The highest BCUT2D eigenvalue weighted by molar-refractivity contribution is 8.14. The predicted octanol–water partition coefficient (Wildman–Crippen LogP) is 1.77. The van der Waals surface area contributed by atoms with Crippen molar-refractivity contribution >= 4 is 34.2 Å². The van der Waals surface area contributed by atoms with Crippen molar-refractivity contribution in [3.63, 3.8) is 0 Å². The molecule has 5 nitrogen and oxygen atoms in total. The van der Waals surface area contributed by atoms with E-state index in [4.69, 9.17) is 16.3 Å². The van der Waals surface area contributed by atoms with E-state index in [2.05, 4.69) is 0 Å². The quantitative estimate of drug-likeness (QED) is 0.554. The van der Waals surface area contributed by atoms with E-state index in [0.29, 0.717) is 32.8 Å². The monoisotopic (exact) mass is 252 g/mol. The van der Waals surface area contributed by atoms with Crippen LogP contribution in [0, 0.1) is 0 Å². The minimum atomic E-state index is -0.445. The Labute approximate surface area is 97.8 Å². The van der Waals surface area contributed by atoms with E-state index < -0.39 is 4.57 Å². The summed E-state index contributed by atoms with van der Waals surface area (Å²) in [5, 5.41) is 0. The second-order valence-corrected chi connectivity index (χ2v) is 4.58. The van der Waals surface area contributed by atoms with Crippen LogP contribution in [0.1, 0.15) is 6.92 Å². The lowest BCUT2D eigenvalue weighted by Gasteiger charge is -2.32. The Hall–Kier alpha value is -0.460. The Morgan fingerprint density at radius 2 is 1.93 bits per heavy atom. The number of ether oxygens (including phenoxy) is 1. The highest BCUT2D eigenvalue weighted by Gasteiger charge is 2.23. The van der Waals surface area contributed by atoms with Crippen LogP contribution < -0.4 is 0 Å². The molecule has 1 heterocycles. The summed E-state index contributed by atoms with van der Waals surface area (Å²) in [4.78, 5) is 23.5. The lowest BCUT2D eigenvalue weighted by molar-refractivity contribution is 0.0949. The van der Waals surface area contributed by atoms with Crippen LogP contribution in [0.5, 0.6) is 0 Å². The first-order valence-corrected chi connectivity index (χ1v) is 5.82. The minimum absolute atomic E-state index is 0.292. The Balaban J connectivity index is 2.29. The van der Waals surface area contributed by atoms with Crippen molar-refractivity contribution in [2.75, 3.05) is 32.8 Å². The topological polar surface area (TPSA) is 49.9 Å². The molecule has 1 amide bonds. The highest BCUT2D eigenvalue weighted by Crippen LogP contribution is 2.17. The molecule has 1 aliphatic rings. The largest absolute Gasteiger partial charge is 0.450 e. The van der Waals surface area contributed by atoms with Gasteiger partial charge in [0.1, 0.15) is 0 Å². The second-order valence-electron chi connectivity index (χ2n) is 2.94. The van der Waals surface area contributed by atoms with Crippen LogP contribution in [0.3, 0.4) is 0 Å². The number of amides is 1. The number of hydrogen-bond donors (Lipinski definition) is 0. The lowest BCUT2D eigenvalue weighted by atomic mass is 10.4. The molecule has 1 saturated heterocycles. The molecule has 0 aromatic carbocycles. The molecule has 1 aliphatic heterocycles. The molecule has 0 bridgehead atoms. The summed E-state index contributed by atoms with van der Waals surface area (Å²) >= 11 is 6.22. The lowest BCUT2D eigenvalue weighted by Crippen LogP contribution is -2.46. The third-order valence-electron chi connectivity index (χ3n) is 1.97. The van der Waals surface area contributed by atoms with Gasteiger partial charge in [-0.3, -0.25) is 4.79 Å². The number of piperazine rings is 1. The van der Waals surface area contributed by atoms with Gasteiger partial charge in [0.15, 0.2) is 0 Å². The summed E-state index contributed by atoms with van der Waals surface area (Å²) in [7, 11) is 0. The molecule has 0 aromatic rings. The van der Waals surface area contributed by atoms with Crippen molar-refractivity contribution in [3.8, 4) is 0 Å². The average Bonchev–Trinajstić information content (AvgIpc) is 2.18. The van der Waals surface area contributed by atoms with E-state index in [0.717, 1.165) is 11.9 Å². The maximum absolute atomic E-state index is 11.3. The maximum Gasteiger partial charge on any atom is 0.409 e. The first kappa shape index (κ1) is 12.6. The molecular weight excluding hydrogens is 240 g/mol. The molecule has 86 valence electrons. The number of hydrogen-bond acceptors (Lipinski definition) is 5. The number of carbonyl (C=O) groups is 2. The standard InChI is InChI=1S/C8H13ClN2O3S/c1-2-14-8(13)10-3-5-11(6-4-10)15-7(9)12/h2-6H2,1H3. The molecule has 0 aliphatic carbocycles. The van der Waals surface area contributed by atoms with Gasteiger partial charge < -0.3 is 9.64 Å². The fourth-order valence-corrected chi connectivity index (χ4v) is 2.12. The molecule has 1 fully saturated rings. The van der Waals surface area contributed by atoms with Crippen molar-refractivity contribution < 1.29 is 14.3 Å². The van der Waals surface area contributed by atoms with Crippen molar-refractivity contribution in [1.82, 2.24) is 9.21 Å². The zero-order valence-corrected chi connectivity index (χ0v) is 10.0. The second kappa shape index (κ2) is 6.19. The summed E-state index contributed by atoms with van der Waals surface area (Å²) in [6.45, 7) is 4.54. The van der Waals surface area contributed by atoms with Gasteiger partial charge in [0, 0.05) is 38.1 Å². The van der Waals surface area contributed by atoms with Crippen LogP contribution >= 0.6 is 23.5 Å². The van der Waals surface area contributed by atoms with Crippen LogP contribution in [0.25, 0.3) is 0 Å². The van der Waals surface area contributed by atoms with Gasteiger partial charge in [-0.15, -0.1) is 0 Å². The zero-order chi connectivity index (χ0) is 11.3. The van der Waals surface area contributed by atoms with Crippen LogP contribution in [-0.4, -0.2) is 52.7 Å². The minimum Gasteiger partial charge on any atom is -0.450 e. The average molecular weight is 253 g/mol. The van der Waals surface area contributed by atoms with E-state index in [1.165, 1.54) is 0 Å². The number of halogens is 1. The van der Waals surface area contributed by atoms with E-state index in [1.807, 2.05) is 4.31 Å². The number of carbonyl (C=O) groups excluding carboxylic acids is 2. The van der Waals surface area contributed by atoms with Gasteiger partial charge in [-0.1, -0.05) is 0 Å². The summed E-state index contributed by atoms with van der Waals surface area (Å²) in [5.74, 6) is 0. The van der Waals surface area contributed by atoms with Crippen molar-refractivity contribution in [3.05, 3.63) is 0 Å². The zero-order valence-electron chi connectivity index (χ0n) is 8.44. The Morgan fingerprint density at radius 3 is 2.40 bits per heavy atom. The van der Waals surface area contributed by atoms with Gasteiger partial charge in [-0.2, -0.15) is 0 Å². The molecule has 1 rings (SSSR count). The first-order valence-electron chi connectivity index (χ1n) is 4.67. The molecule has 7 heteroatoms. The maximum atomic E-state index is 11.3. The predicted molar refractivity (Wildman–Crippen MR) is 59.0 cm³/mol.